The Morgan fingerprint density at radius 2 is 0.858 bits per heavy atom. The number of aliphatic hydroxyl groups is 1. The Morgan fingerprint density at radius 3 is 1.20 bits per heavy atom. The van der Waals surface area contributed by atoms with Crippen molar-refractivity contribution in [2.24, 2.45) is 145 Å². The van der Waals surface area contributed by atoms with Gasteiger partial charge in [0.2, 0.25) is 5.91 Å². The highest BCUT2D eigenvalue weighted by Gasteiger charge is 2.63. The highest BCUT2D eigenvalue weighted by Crippen LogP contribution is 2.71. The molecular formula is C101H181N3O9. The smallest absolute Gasteiger partial charge is 0.320 e. The normalized spacial score (nSPS) is 37.6. The van der Waals surface area contributed by atoms with Crippen molar-refractivity contribution >= 4 is 17.8 Å². The number of ether oxygens (including phenoxy) is 5. The van der Waals surface area contributed by atoms with Crippen molar-refractivity contribution in [1.82, 2.24) is 4.90 Å². The maximum Gasteiger partial charge on any atom is 0.320 e. The summed E-state index contributed by atoms with van der Waals surface area (Å²) < 4.78 is 27.6. The van der Waals surface area contributed by atoms with E-state index in [1.165, 1.54) is 199 Å². The molecule has 13 aliphatic rings. The highest BCUT2D eigenvalue weighted by molar-refractivity contribution is 5.75. The second-order valence-electron chi connectivity index (χ2n) is 41.7. The summed E-state index contributed by atoms with van der Waals surface area (Å²) in [5.41, 5.74) is 18.2. The lowest BCUT2D eigenvalue weighted by Gasteiger charge is -2.58. The average molecular weight is 1580 g/mol. The number of amides is 1. The number of primary amides is 1. The van der Waals surface area contributed by atoms with Crippen LogP contribution in [0.15, 0.2) is 34.9 Å². The molecule has 0 bridgehead atoms. The lowest BCUT2D eigenvalue weighted by Crippen LogP contribution is -2.51. The summed E-state index contributed by atoms with van der Waals surface area (Å²) in [4.78, 5) is 35.6. The van der Waals surface area contributed by atoms with Gasteiger partial charge in [-0.05, 0) is 314 Å². The van der Waals surface area contributed by atoms with Crippen LogP contribution in [-0.2, 0) is 38.1 Å². The minimum absolute atomic E-state index is 0. The molecule has 12 aliphatic carbocycles. The molecule has 1 saturated heterocycles. The zero-order chi connectivity index (χ0) is 80.5. The van der Waals surface area contributed by atoms with E-state index in [1.807, 2.05) is 0 Å². The lowest BCUT2D eigenvalue weighted by atomic mass is 9.47. The SMILES string of the molecule is C.C.C1CCOC1.CC(C)CCC[C@@H](C)[C@H]1CCC2C3CC=C4C[C@@H](O)CC[C@]4(C)C3CC[C@@]21C.CC(C)CCC[C@@H](C)[C@H]1CCC2C3CC=C4C[C@@H](OCCN)CC[C@]4(C)C3CC[C@@]21C.CCC(N)=O.CCCCC[C@@H](C)[C@H]1CCC2C3CC=C4C[C@@H](OCCN(CC(=O)OCC)CC(=O)OCC)CC[C@]4(C)C3CC[C@@]21C. The van der Waals surface area contributed by atoms with Gasteiger partial charge in [-0.1, -0.05) is 218 Å². The van der Waals surface area contributed by atoms with Crippen LogP contribution in [0.3, 0.4) is 0 Å². The summed E-state index contributed by atoms with van der Waals surface area (Å²) in [6.07, 6.45) is 57.2. The minimum Gasteiger partial charge on any atom is -0.465 e. The number of allylic oxidation sites excluding steroid dienone is 3. The van der Waals surface area contributed by atoms with Crippen molar-refractivity contribution in [1.29, 1.82) is 0 Å². The average Bonchev–Trinajstić information content (AvgIpc) is 1.68. The number of aliphatic hydroxyl groups excluding tert-OH is 1. The van der Waals surface area contributed by atoms with Crippen molar-refractivity contribution in [3.8, 4) is 0 Å². The molecule has 1 aliphatic heterocycles. The van der Waals surface area contributed by atoms with Crippen LogP contribution >= 0.6 is 0 Å². The number of esters is 2. The molecule has 9 saturated carbocycles. The van der Waals surface area contributed by atoms with Gasteiger partial charge in [-0.25, -0.2) is 0 Å². The second kappa shape index (κ2) is 44.8. The molecule has 10 fully saturated rings. The number of unbranched alkanes of at least 4 members (excludes halogenated alkanes) is 2. The predicted molar refractivity (Wildman–Crippen MR) is 472 cm³/mol. The van der Waals surface area contributed by atoms with Crippen molar-refractivity contribution in [3.63, 3.8) is 0 Å². The number of rotatable bonds is 29. The van der Waals surface area contributed by atoms with Crippen molar-refractivity contribution in [2.75, 3.05) is 65.8 Å². The molecule has 5 N–H and O–H groups in total. The molecule has 0 radical (unpaired) electrons. The van der Waals surface area contributed by atoms with Gasteiger partial charge in [0.1, 0.15) is 0 Å². The van der Waals surface area contributed by atoms with Crippen LogP contribution in [0, 0.1) is 133 Å². The van der Waals surface area contributed by atoms with Gasteiger partial charge in [0.15, 0.2) is 0 Å². The molecule has 0 aromatic rings. The fraction of sp³-hybridized carbons (Fsp3) is 0.911. The molecular weight excluding hydrogens is 1400 g/mol. The Labute approximate surface area is 695 Å². The van der Waals surface area contributed by atoms with Gasteiger partial charge < -0.3 is 40.3 Å². The van der Waals surface area contributed by atoms with Crippen LogP contribution in [0.25, 0.3) is 0 Å². The van der Waals surface area contributed by atoms with E-state index in [0.29, 0.717) is 77.9 Å². The van der Waals surface area contributed by atoms with E-state index in [9.17, 15) is 19.5 Å². The Hall–Kier alpha value is -2.61. The zero-order valence-electron chi connectivity index (χ0n) is 74.8. The van der Waals surface area contributed by atoms with Crippen LogP contribution in [-0.4, -0.2) is 112 Å². The first-order chi connectivity index (χ1) is 53.0. The van der Waals surface area contributed by atoms with E-state index in [4.69, 9.17) is 29.4 Å². The van der Waals surface area contributed by atoms with Gasteiger partial charge in [-0.3, -0.25) is 19.3 Å². The first kappa shape index (κ1) is 97.5. The zero-order valence-corrected chi connectivity index (χ0v) is 74.8. The van der Waals surface area contributed by atoms with Gasteiger partial charge in [0.25, 0.3) is 0 Å². The molecule has 654 valence electrons. The number of fused-ring (bicyclic) bond motifs is 15. The topological polar surface area (TPSA) is 173 Å². The fourth-order valence-electron chi connectivity index (χ4n) is 28.2. The van der Waals surface area contributed by atoms with E-state index in [-0.39, 0.29) is 58.0 Å². The standard InChI is InChI=1S/C36H61NO5.C29H51NO.C27H46O.C4H8O.C3H7NO.2CH4/c1-7-10-11-12-26(4)30-15-16-31-29-14-13-27-23-28(17-19-35(27,5)32(29)18-20-36(30,31)6)42-22-21-37(24-33(38)40-8-2)25-34(39)41-9-3;1-20(2)7-6-8-21(3)25-11-12-26-24-10-9-22-19-23(31-18-17-30)13-15-28(22,4)27(24)14-16-29(25,26)5;1-18(2)7-6-8-19(3)23-11-12-24-22-10-9-20-17-21(28)13-15-26(20,4)25(22)14-16-27(23,24)5;1-2-4-5-3-1;1-2-3(4)5;;/h13,26,28-32H,7-12,14-25H2,1-6H3;9,20-21,23-27H,6-8,10-19,30H2,1-5H3;9,18-19,21-25,28H,6-8,10-17H2,1-5H3;1-4H2;2H2,1H3,(H2,4,5);2*1H4/t26-,28+,29?,30-,31?,32?,35+,36-;21-,23+,24?,25-,26?,27?,28+,29-;19-,21+,22?,23-,24?,25?,26+,27-;;;;/m111..../s1. The summed E-state index contributed by atoms with van der Waals surface area (Å²) in [6, 6.07) is 0. The van der Waals surface area contributed by atoms with Crippen molar-refractivity contribution in [3.05, 3.63) is 34.9 Å². The molecule has 1 heterocycles. The summed E-state index contributed by atoms with van der Waals surface area (Å²) in [7, 11) is 0. The first-order valence-electron chi connectivity index (χ1n) is 47.6. The molecule has 12 nitrogen and oxygen atoms in total. The van der Waals surface area contributed by atoms with Gasteiger partial charge in [-0.15, -0.1) is 0 Å². The van der Waals surface area contributed by atoms with Gasteiger partial charge in [0, 0.05) is 32.7 Å². The number of hydrogen-bond donors (Lipinski definition) is 3. The Morgan fingerprint density at radius 1 is 0.487 bits per heavy atom. The van der Waals surface area contributed by atoms with E-state index < -0.39 is 0 Å². The summed E-state index contributed by atoms with van der Waals surface area (Å²) in [5, 5.41) is 10.2. The van der Waals surface area contributed by atoms with Crippen LogP contribution in [0.2, 0.25) is 0 Å². The molecule has 9 unspecified atom stereocenters. The van der Waals surface area contributed by atoms with Crippen LogP contribution in [0.5, 0.6) is 0 Å². The van der Waals surface area contributed by atoms with Crippen LogP contribution in [0.4, 0.5) is 0 Å². The first-order valence-corrected chi connectivity index (χ1v) is 47.6. The maximum atomic E-state index is 12.1. The molecule has 113 heavy (non-hydrogen) atoms. The molecule has 0 aromatic carbocycles. The summed E-state index contributed by atoms with van der Waals surface area (Å²) >= 11 is 0. The summed E-state index contributed by atoms with van der Waals surface area (Å²) in [6.45, 7) is 45.9. The third-order valence-corrected chi connectivity index (χ3v) is 34.3. The van der Waals surface area contributed by atoms with Crippen molar-refractivity contribution in [2.45, 2.75) is 388 Å². The number of carbonyl (C=O) groups is 3. The molecule has 0 spiro atoms. The Balaban J connectivity index is 0.000000223. The van der Waals surface area contributed by atoms with Gasteiger partial charge in [0.05, 0.1) is 57.8 Å². The number of nitrogens with zero attached hydrogens (tertiary/aromatic N) is 1. The Kier molecular flexibility index (Phi) is 38.7. The van der Waals surface area contributed by atoms with E-state index in [1.54, 1.807) is 42.4 Å². The molecule has 13 rings (SSSR count). The Bertz CT molecular complexity index is 2930. The van der Waals surface area contributed by atoms with E-state index in [0.717, 1.165) is 153 Å². The molecule has 24 atom stereocenters. The minimum atomic E-state index is -0.319. The molecule has 0 aromatic heterocycles. The predicted octanol–water partition coefficient (Wildman–Crippen LogP) is 24.3. The second-order valence-corrected chi connectivity index (χ2v) is 41.7. The van der Waals surface area contributed by atoms with Gasteiger partial charge >= 0.3 is 11.9 Å². The highest BCUT2D eigenvalue weighted by atomic mass is 16.5. The fourth-order valence-corrected chi connectivity index (χ4v) is 28.2. The van der Waals surface area contributed by atoms with Crippen LogP contribution in [0.1, 0.15) is 370 Å². The third kappa shape index (κ3) is 23.6. The quantitative estimate of drug-likeness (QED) is 0.0370. The van der Waals surface area contributed by atoms with E-state index in [2.05, 4.69) is 121 Å². The number of hydrogen-bond acceptors (Lipinski definition) is 11. The van der Waals surface area contributed by atoms with Crippen molar-refractivity contribution < 1.29 is 43.2 Å². The van der Waals surface area contributed by atoms with Gasteiger partial charge in [-0.2, -0.15) is 0 Å². The third-order valence-electron chi connectivity index (χ3n) is 34.3. The lowest BCUT2D eigenvalue weighted by molar-refractivity contribution is -0.148. The number of nitrogens with two attached hydrogens (primary N) is 2. The largest absolute Gasteiger partial charge is 0.465 e. The summed E-state index contributed by atoms with van der Waals surface area (Å²) in [5.74, 6) is 14.4. The molecule has 1 amide bonds. The molecule has 12 heteroatoms. The number of carbonyl (C=O) groups excluding carboxylic acids is 3. The van der Waals surface area contributed by atoms with E-state index >= 15 is 0 Å². The maximum absolute atomic E-state index is 12.1. The van der Waals surface area contributed by atoms with Crippen LogP contribution < -0.4 is 11.5 Å². The monoisotopic (exact) mass is 1580 g/mol.